The van der Waals surface area contributed by atoms with E-state index in [0.717, 1.165) is 14.0 Å². The summed E-state index contributed by atoms with van der Waals surface area (Å²) < 4.78 is 4.27. The molecule has 0 heterocycles. The van der Waals surface area contributed by atoms with Gasteiger partial charge < -0.3 is 24.9 Å². The van der Waals surface area contributed by atoms with Gasteiger partial charge in [0.25, 0.3) is 0 Å². The molecule has 0 spiro atoms. The molecule has 0 aromatic rings. The monoisotopic (exact) mass is 245 g/mol. The molecule has 98 valence electrons. The summed E-state index contributed by atoms with van der Waals surface area (Å²) in [5.41, 5.74) is -4.71. The van der Waals surface area contributed by atoms with Crippen molar-refractivity contribution in [3.63, 3.8) is 0 Å². The predicted octanol–water partition coefficient (Wildman–Crippen LogP) is -1.25. The lowest BCUT2D eigenvalue weighted by Crippen LogP contribution is -2.63. The van der Waals surface area contributed by atoms with E-state index in [1.54, 1.807) is 0 Å². The third-order valence-corrected chi connectivity index (χ3v) is 2.69. The fraction of sp³-hybridized carbons (Fsp3) is 0.636. The molecule has 0 aliphatic rings. The minimum Gasteiger partial charge on any atom is -0.547 e. The van der Waals surface area contributed by atoms with Gasteiger partial charge in [-0.05, 0) is 19.8 Å². The average Bonchev–Trinajstić information content (AvgIpc) is 2.25. The molecule has 6 heteroatoms. The van der Waals surface area contributed by atoms with Crippen LogP contribution in [0, 0.1) is 0 Å². The van der Waals surface area contributed by atoms with Gasteiger partial charge in [0.1, 0.15) is 5.60 Å². The van der Waals surface area contributed by atoms with Gasteiger partial charge in [0.2, 0.25) is 0 Å². The first kappa shape index (κ1) is 15.6. The van der Waals surface area contributed by atoms with Crippen LogP contribution in [0.3, 0.4) is 0 Å². The minimum atomic E-state index is -2.69. The third kappa shape index (κ3) is 3.54. The van der Waals surface area contributed by atoms with Crippen molar-refractivity contribution in [3.8, 4) is 0 Å². The zero-order valence-electron chi connectivity index (χ0n) is 9.93. The van der Waals surface area contributed by atoms with E-state index < -0.39 is 29.6 Å². The third-order valence-electron chi connectivity index (χ3n) is 2.69. The van der Waals surface area contributed by atoms with Crippen molar-refractivity contribution in [1.82, 2.24) is 0 Å². The summed E-state index contributed by atoms with van der Waals surface area (Å²) in [6, 6.07) is 0. The van der Waals surface area contributed by atoms with Crippen LogP contribution < -0.4 is 5.11 Å². The highest BCUT2D eigenvalue weighted by molar-refractivity contribution is 5.84. The topological polar surface area (TPSA) is 107 Å². The highest BCUT2D eigenvalue weighted by Crippen LogP contribution is 2.30. The smallest absolute Gasteiger partial charge is 0.308 e. The van der Waals surface area contributed by atoms with E-state index >= 15 is 0 Å². The van der Waals surface area contributed by atoms with E-state index in [1.807, 2.05) is 0 Å². The molecule has 2 atom stereocenters. The molecule has 0 aromatic carbocycles. The SMILES string of the molecule is C=CCCC(C)(O)C(O)(CC(=O)OC)C(=O)[O-]. The van der Waals surface area contributed by atoms with Crippen molar-refractivity contribution in [1.29, 1.82) is 0 Å². The number of aliphatic carboxylic acids is 1. The molecule has 0 aromatic heterocycles. The molecule has 0 saturated carbocycles. The maximum atomic E-state index is 11.0. The van der Waals surface area contributed by atoms with E-state index in [9.17, 15) is 24.9 Å². The normalized spacial score (nSPS) is 17.6. The fourth-order valence-electron chi connectivity index (χ4n) is 1.35. The van der Waals surface area contributed by atoms with Gasteiger partial charge in [0.05, 0.1) is 25.1 Å². The Labute approximate surface area is 99.5 Å². The van der Waals surface area contributed by atoms with Gasteiger partial charge >= 0.3 is 5.97 Å². The molecule has 0 amide bonds. The molecule has 0 bridgehead atoms. The fourth-order valence-corrected chi connectivity index (χ4v) is 1.35. The van der Waals surface area contributed by atoms with Gasteiger partial charge in [-0.2, -0.15) is 0 Å². The number of aliphatic hydroxyl groups is 2. The van der Waals surface area contributed by atoms with Gasteiger partial charge in [-0.1, -0.05) is 6.08 Å². The molecule has 2 unspecified atom stereocenters. The van der Waals surface area contributed by atoms with E-state index in [2.05, 4.69) is 11.3 Å². The number of esters is 1. The van der Waals surface area contributed by atoms with Crippen molar-refractivity contribution in [3.05, 3.63) is 12.7 Å². The molecule has 0 saturated heterocycles. The van der Waals surface area contributed by atoms with Crippen molar-refractivity contribution in [2.75, 3.05) is 7.11 Å². The van der Waals surface area contributed by atoms with Crippen LogP contribution in [-0.4, -0.2) is 40.5 Å². The maximum Gasteiger partial charge on any atom is 0.308 e. The van der Waals surface area contributed by atoms with Crippen LogP contribution in [0.25, 0.3) is 0 Å². The quantitative estimate of drug-likeness (QED) is 0.428. The van der Waals surface area contributed by atoms with Crippen molar-refractivity contribution >= 4 is 11.9 Å². The lowest BCUT2D eigenvalue weighted by molar-refractivity contribution is -0.336. The van der Waals surface area contributed by atoms with E-state index in [4.69, 9.17) is 0 Å². The molecule has 0 fully saturated rings. The maximum absolute atomic E-state index is 11.0. The number of methoxy groups -OCH3 is 1. The number of carbonyl (C=O) groups is 2. The highest BCUT2D eigenvalue weighted by Gasteiger charge is 2.48. The van der Waals surface area contributed by atoms with E-state index in [0.29, 0.717) is 0 Å². The van der Waals surface area contributed by atoms with Gasteiger partial charge in [-0.15, -0.1) is 6.58 Å². The van der Waals surface area contributed by atoms with Crippen LogP contribution in [0.5, 0.6) is 0 Å². The zero-order valence-corrected chi connectivity index (χ0v) is 9.93. The van der Waals surface area contributed by atoms with Gasteiger partial charge in [0, 0.05) is 0 Å². The molecule has 0 aliphatic carbocycles. The Morgan fingerprint density at radius 1 is 1.47 bits per heavy atom. The van der Waals surface area contributed by atoms with E-state index in [1.165, 1.54) is 6.08 Å². The largest absolute Gasteiger partial charge is 0.547 e. The molecule has 6 nitrogen and oxygen atoms in total. The van der Waals surface area contributed by atoms with Gasteiger partial charge in [-0.3, -0.25) is 4.79 Å². The van der Waals surface area contributed by atoms with Crippen LogP contribution in [-0.2, 0) is 14.3 Å². The predicted molar refractivity (Wildman–Crippen MR) is 56.6 cm³/mol. The second kappa shape index (κ2) is 5.79. The van der Waals surface area contributed by atoms with Crippen LogP contribution in [0.4, 0.5) is 0 Å². The summed E-state index contributed by atoms with van der Waals surface area (Å²) >= 11 is 0. The van der Waals surface area contributed by atoms with Crippen LogP contribution in [0.2, 0.25) is 0 Å². The Balaban J connectivity index is 5.10. The zero-order chi connectivity index (χ0) is 13.7. The number of rotatable bonds is 7. The van der Waals surface area contributed by atoms with Gasteiger partial charge in [0.15, 0.2) is 0 Å². The van der Waals surface area contributed by atoms with Crippen molar-refractivity contribution < 1.29 is 29.6 Å². The second-order valence-corrected chi connectivity index (χ2v) is 4.00. The Morgan fingerprint density at radius 3 is 2.35 bits per heavy atom. The van der Waals surface area contributed by atoms with Crippen molar-refractivity contribution in [2.45, 2.75) is 37.4 Å². The first-order valence-corrected chi connectivity index (χ1v) is 5.05. The number of hydrogen-bond donors (Lipinski definition) is 2. The number of hydrogen-bond acceptors (Lipinski definition) is 6. The summed E-state index contributed by atoms with van der Waals surface area (Å²) in [4.78, 5) is 22.0. The first-order chi connectivity index (χ1) is 7.71. The number of carboxylic acids is 1. The number of ether oxygens (including phenoxy) is 1. The molecule has 0 rings (SSSR count). The Bertz CT molecular complexity index is 309. The Kier molecular flexibility index (Phi) is 5.31. The molecule has 17 heavy (non-hydrogen) atoms. The Morgan fingerprint density at radius 2 is 2.00 bits per heavy atom. The summed E-state index contributed by atoms with van der Waals surface area (Å²) in [5, 5.41) is 30.8. The molecule has 2 N–H and O–H groups in total. The molecule has 0 radical (unpaired) electrons. The lowest BCUT2D eigenvalue weighted by atomic mass is 9.78. The average molecular weight is 245 g/mol. The first-order valence-electron chi connectivity index (χ1n) is 5.05. The van der Waals surface area contributed by atoms with Crippen LogP contribution in [0.15, 0.2) is 12.7 Å². The highest BCUT2D eigenvalue weighted by atomic mass is 16.5. The van der Waals surface area contributed by atoms with Gasteiger partial charge in [-0.25, -0.2) is 0 Å². The second-order valence-electron chi connectivity index (χ2n) is 4.00. The molecular weight excluding hydrogens is 228 g/mol. The molecule has 0 aliphatic heterocycles. The standard InChI is InChI=1S/C11H18O6/c1-4-5-6-10(2,15)11(16,9(13)14)7-8(12)17-3/h4,15-16H,1,5-7H2,2-3H3,(H,13,14)/p-1. The van der Waals surface area contributed by atoms with E-state index in [-0.39, 0.29) is 12.8 Å². The summed E-state index contributed by atoms with van der Waals surface area (Å²) in [6.45, 7) is 4.54. The number of carboxylic acid groups (broad SMARTS) is 1. The summed E-state index contributed by atoms with van der Waals surface area (Å²) in [5.74, 6) is -2.87. The van der Waals surface area contributed by atoms with Crippen molar-refractivity contribution in [2.24, 2.45) is 0 Å². The minimum absolute atomic E-state index is 0.0715. The molecular formula is C11H17O6-. The number of carbonyl (C=O) groups excluding carboxylic acids is 2. The summed E-state index contributed by atoms with van der Waals surface area (Å²) in [6.07, 6.45) is 0.792. The Hall–Kier alpha value is -1.40. The summed E-state index contributed by atoms with van der Waals surface area (Å²) in [7, 11) is 1.05. The van der Waals surface area contributed by atoms with Crippen LogP contribution in [0.1, 0.15) is 26.2 Å². The number of allylic oxidation sites excluding steroid dienone is 1. The lowest BCUT2D eigenvalue weighted by Gasteiger charge is -2.41. The van der Waals surface area contributed by atoms with Crippen LogP contribution >= 0.6 is 0 Å².